The molecule has 2 unspecified atom stereocenters. The van der Waals surface area contributed by atoms with Crippen molar-refractivity contribution in [3.8, 4) is 0 Å². The molecule has 0 saturated heterocycles. The Morgan fingerprint density at radius 3 is 2.50 bits per heavy atom. The van der Waals surface area contributed by atoms with Crippen LogP contribution in [0, 0.1) is 17.8 Å². The number of Topliss-reactive ketones (excluding diaryl/α,β-unsaturated/α-hetero) is 1. The SMILES string of the molecule is CC(C)C1CCC(=O)C(CCS(C)(=O)=O)C1. The predicted octanol–water partition coefficient (Wildman–Crippen LogP) is 2.06. The number of carbonyl (C=O) groups excluding carboxylic acids is 1. The molecule has 16 heavy (non-hydrogen) atoms. The second-order valence-corrected chi connectivity index (χ2v) is 7.62. The van der Waals surface area contributed by atoms with Crippen LogP contribution in [0.5, 0.6) is 0 Å². The maximum Gasteiger partial charge on any atom is 0.147 e. The average Bonchev–Trinajstić information content (AvgIpc) is 2.14. The van der Waals surface area contributed by atoms with E-state index in [0.29, 0.717) is 24.7 Å². The van der Waals surface area contributed by atoms with Crippen molar-refractivity contribution in [2.24, 2.45) is 17.8 Å². The second-order valence-electron chi connectivity index (χ2n) is 5.36. The topological polar surface area (TPSA) is 51.2 Å². The molecule has 1 aliphatic rings. The fraction of sp³-hybridized carbons (Fsp3) is 0.917. The van der Waals surface area contributed by atoms with Crippen LogP contribution in [0.1, 0.15) is 39.5 Å². The Kier molecular flexibility index (Phi) is 4.53. The molecule has 1 saturated carbocycles. The van der Waals surface area contributed by atoms with Gasteiger partial charge in [-0.2, -0.15) is 0 Å². The van der Waals surface area contributed by atoms with Crippen molar-refractivity contribution >= 4 is 15.6 Å². The van der Waals surface area contributed by atoms with Crippen LogP contribution in [-0.2, 0) is 14.6 Å². The van der Waals surface area contributed by atoms with Crippen LogP contribution >= 0.6 is 0 Å². The Hall–Kier alpha value is -0.380. The molecule has 0 aromatic rings. The summed E-state index contributed by atoms with van der Waals surface area (Å²) in [6.07, 6.45) is 4.25. The lowest BCUT2D eigenvalue weighted by molar-refractivity contribution is -0.126. The molecule has 1 fully saturated rings. The molecule has 0 N–H and O–H groups in total. The standard InChI is InChI=1S/C12H22O3S/c1-9(2)10-4-5-12(13)11(8-10)6-7-16(3,14)15/h9-11H,4-8H2,1-3H3. The van der Waals surface area contributed by atoms with E-state index in [9.17, 15) is 13.2 Å². The average molecular weight is 246 g/mol. The van der Waals surface area contributed by atoms with Crippen LogP contribution in [0.2, 0.25) is 0 Å². The molecule has 0 spiro atoms. The van der Waals surface area contributed by atoms with Crippen LogP contribution in [-0.4, -0.2) is 26.2 Å². The number of ketones is 1. The van der Waals surface area contributed by atoms with E-state index in [1.807, 2.05) is 0 Å². The molecule has 0 radical (unpaired) electrons. The van der Waals surface area contributed by atoms with Crippen LogP contribution < -0.4 is 0 Å². The zero-order valence-electron chi connectivity index (χ0n) is 10.4. The quantitative estimate of drug-likeness (QED) is 0.763. The van der Waals surface area contributed by atoms with Gasteiger partial charge in [-0.3, -0.25) is 4.79 Å². The van der Waals surface area contributed by atoms with E-state index in [0.717, 1.165) is 12.8 Å². The minimum absolute atomic E-state index is 0.0177. The van der Waals surface area contributed by atoms with E-state index in [2.05, 4.69) is 13.8 Å². The maximum absolute atomic E-state index is 11.7. The van der Waals surface area contributed by atoms with Crippen molar-refractivity contribution in [1.82, 2.24) is 0 Å². The van der Waals surface area contributed by atoms with Gasteiger partial charge in [-0.25, -0.2) is 8.42 Å². The summed E-state index contributed by atoms with van der Waals surface area (Å²) < 4.78 is 22.2. The van der Waals surface area contributed by atoms with Gasteiger partial charge >= 0.3 is 0 Å². The molecule has 0 amide bonds. The predicted molar refractivity (Wildman–Crippen MR) is 65.0 cm³/mol. The Morgan fingerprint density at radius 2 is 2.00 bits per heavy atom. The third-order valence-corrected chi connectivity index (χ3v) is 4.56. The minimum Gasteiger partial charge on any atom is -0.299 e. The number of hydrogen-bond donors (Lipinski definition) is 0. The van der Waals surface area contributed by atoms with Gasteiger partial charge < -0.3 is 0 Å². The molecule has 4 heteroatoms. The van der Waals surface area contributed by atoms with Crippen LogP contribution in [0.25, 0.3) is 0 Å². The number of rotatable bonds is 4. The van der Waals surface area contributed by atoms with Crippen molar-refractivity contribution in [3.63, 3.8) is 0 Å². The first-order valence-corrected chi connectivity index (χ1v) is 8.06. The molecule has 94 valence electrons. The van der Waals surface area contributed by atoms with E-state index in [1.54, 1.807) is 0 Å². The molecule has 0 bridgehead atoms. The first-order valence-electron chi connectivity index (χ1n) is 6.00. The van der Waals surface area contributed by atoms with Gasteiger partial charge in [-0.05, 0) is 31.1 Å². The van der Waals surface area contributed by atoms with Crippen LogP contribution in [0.4, 0.5) is 0 Å². The number of carbonyl (C=O) groups is 1. The first-order chi connectivity index (χ1) is 7.29. The lowest BCUT2D eigenvalue weighted by atomic mass is 9.75. The third kappa shape index (κ3) is 4.24. The van der Waals surface area contributed by atoms with Crippen molar-refractivity contribution in [2.45, 2.75) is 39.5 Å². The summed E-state index contributed by atoms with van der Waals surface area (Å²) in [6.45, 7) is 4.35. The van der Waals surface area contributed by atoms with Gasteiger partial charge in [0, 0.05) is 18.6 Å². The van der Waals surface area contributed by atoms with Gasteiger partial charge in [-0.15, -0.1) is 0 Å². The number of sulfone groups is 1. The summed E-state index contributed by atoms with van der Waals surface area (Å²) in [4.78, 5) is 11.7. The first kappa shape index (κ1) is 13.7. The lowest BCUT2D eigenvalue weighted by Crippen LogP contribution is -2.28. The maximum atomic E-state index is 11.7. The largest absolute Gasteiger partial charge is 0.299 e. The number of hydrogen-bond acceptors (Lipinski definition) is 3. The van der Waals surface area contributed by atoms with Crippen molar-refractivity contribution in [3.05, 3.63) is 0 Å². The summed E-state index contributed by atoms with van der Waals surface area (Å²) in [5.41, 5.74) is 0. The van der Waals surface area contributed by atoms with E-state index in [-0.39, 0.29) is 17.5 Å². The molecule has 3 nitrogen and oxygen atoms in total. The van der Waals surface area contributed by atoms with Gasteiger partial charge in [0.25, 0.3) is 0 Å². The summed E-state index contributed by atoms with van der Waals surface area (Å²) in [7, 11) is -2.94. The van der Waals surface area contributed by atoms with Gasteiger partial charge in [0.05, 0.1) is 5.75 Å². The molecular formula is C12H22O3S. The van der Waals surface area contributed by atoms with Gasteiger partial charge in [0.1, 0.15) is 15.6 Å². The second kappa shape index (κ2) is 5.30. The monoisotopic (exact) mass is 246 g/mol. The summed E-state index contributed by atoms with van der Waals surface area (Å²) in [5, 5.41) is 0. The molecular weight excluding hydrogens is 224 g/mol. The van der Waals surface area contributed by atoms with Crippen LogP contribution in [0.15, 0.2) is 0 Å². The lowest BCUT2D eigenvalue weighted by Gasteiger charge is -2.30. The Labute approximate surface area is 98.5 Å². The molecule has 1 rings (SSSR count). The fourth-order valence-corrected chi connectivity index (χ4v) is 3.10. The molecule has 0 aliphatic heterocycles. The zero-order valence-corrected chi connectivity index (χ0v) is 11.2. The third-order valence-electron chi connectivity index (χ3n) is 3.58. The smallest absolute Gasteiger partial charge is 0.147 e. The Morgan fingerprint density at radius 1 is 1.38 bits per heavy atom. The normalized spacial score (nSPS) is 27.4. The van der Waals surface area contributed by atoms with E-state index in [4.69, 9.17) is 0 Å². The highest BCUT2D eigenvalue weighted by atomic mass is 32.2. The van der Waals surface area contributed by atoms with E-state index in [1.165, 1.54) is 6.26 Å². The van der Waals surface area contributed by atoms with Crippen molar-refractivity contribution in [2.75, 3.05) is 12.0 Å². The fourth-order valence-electron chi connectivity index (χ4n) is 2.39. The summed E-state index contributed by atoms with van der Waals surface area (Å²) in [5.74, 6) is 1.57. The minimum atomic E-state index is -2.94. The van der Waals surface area contributed by atoms with Gasteiger partial charge in [0.2, 0.25) is 0 Å². The van der Waals surface area contributed by atoms with Gasteiger partial charge in [0.15, 0.2) is 0 Å². The van der Waals surface area contributed by atoms with Gasteiger partial charge in [-0.1, -0.05) is 13.8 Å². The van der Waals surface area contributed by atoms with E-state index < -0.39 is 9.84 Å². The zero-order chi connectivity index (χ0) is 12.3. The van der Waals surface area contributed by atoms with Crippen molar-refractivity contribution in [1.29, 1.82) is 0 Å². The van der Waals surface area contributed by atoms with Crippen LogP contribution in [0.3, 0.4) is 0 Å². The van der Waals surface area contributed by atoms with Crippen molar-refractivity contribution < 1.29 is 13.2 Å². The summed E-state index contributed by atoms with van der Waals surface area (Å²) in [6, 6.07) is 0. The highest BCUT2D eigenvalue weighted by molar-refractivity contribution is 7.90. The Bertz CT molecular complexity index is 343. The molecule has 0 heterocycles. The highest BCUT2D eigenvalue weighted by Crippen LogP contribution is 2.33. The Balaban J connectivity index is 2.53. The molecule has 1 aliphatic carbocycles. The summed E-state index contributed by atoms with van der Waals surface area (Å²) >= 11 is 0. The molecule has 0 aromatic heterocycles. The highest BCUT2D eigenvalue weighted by Gasteiger charge is 2.30. The molecule has 0 aromatic carbocycles. The molecule has 2 atom stereocenters. The van der Waals surface area contributed by atoms with E-state index >= 15 is 0 Å².